The largest absolute Gasteiger partial charge is 0.507 e. The van der Waals surface area contributed by atoms with Crippen LogP contribution in [-0.2, 0) is 14.3 Å². The molecule has 0 unspecified atom stereocenters. The van der Waals surface area contributed by atoms with Crippen molar-refractivity contribution in [3.8, 4) is 5.75 Å². The van der Waals surface area contributed by atoms with Crippen LogP contribution < -0.4 is 5.32 Å². The van der Waals surface area contributed by atoms with Gasteiger partial charge in [0.15, 0.2) is 0 Å². The number of benzene rings is 1. The molecule has 7 heteroatoms. The summed E-state index contributed by atoms with van der Waals surface area (Å²) < 4.78 is 9.79. The van der Waals surface area contributed by atoms with Crippen LogP contribution in [0.25, 0.3) is 0 Å². The highest BCUT2D eigenvalue weighted by molar-refractivity contribution is 5.95. The molecular formula is C15H20N2O5. The summed E-state index contributed by atoms with van der Waals surface area (Å²) in [6.07, 6.45) is 0.361. The standard InChI is InChI=1S/C15H20N2O5/c1-21-15(20)12-3-2-11(10-13(12)18)16-14(19)4-5-17-6-8-22-9-7-17/h2-3,10,18H,4-9H2,1H3,(H,16,19). The average Bonchev–Trinajstić information content (AvgIpc) is 2.53. The van der Waals surface area contributed by atoms with Crippen molar-refractivity contribution in [2.24, 2.45) is 0 Å². The minimum Gasteiger partial charge on any atom is -0.507 e. The summed E-state index contributed by atoms with van der Waals surface area (Å²) in [7, 11) is 1.24. The number of ether oxygens (including phenoxy) is 2. The molecular weight excluding hydrogens is 288 g/mol. The topological polar surface area (TPSA) is 88.1 Å². The number of hydrogen-bond donors (Lipinski definition) is 2. The van der Waals surface area contributed by atoms with Gasteiger partial charge in [-0.05, 0) is 12.1 Å². The average molecular weight is 308 g/mol. The summed E-state index contributed by atoms with van der Waals surface area (Å²) in [5.41, 5.74) is 0.506. The third-order valence-electron chi connectivity index (χ3n) is 3.45. The number of amides is 1. The quantitative estimate of drug-likeness (QED) is 0.784. The first-order valence-electron chi connectivity index (χ1n) is 7.11. The van der Waals surface area contributed by atoms with Crippen LogP contribution in [0, 0.1) is 0 Å². The van der Waals surface area contributed by atoms with Crippen molar-refractivity contribution in [2.45, 2.75) is 6.42 Å². The first-order chi connectivity index (χ1) is 10.6. The molecule has 1 aromatic rings. The molecule has 0 atom stereocenters. The normalized spacial score (nSPS) is 15.3. The van der Waals surface area contributed by atoms with Crippen LogP contribution in [0.5, 0.6) is 5.75 Å². The van der Waals surface area contributed by atoms with Gasteiger partial charge in [0.25, 0.3) is 0 Å². The third-order valence-corrected chi connectivity index (χ3v) is 3.45. The first kappa shape index (κ1) is 16.3. The van der Waals surface area contributed by atoms with Crippen LogP contribution in [0.4, 0.5) is 5.69 Å². The van der Waals surface area contributed by atoms with Gasteiger partial charge in [0.05, 0.1) is 20.3 Å². The Balaban J connectivity index is 1.85. The summed E-state index contributed by atoms with van der Waals surface area (Å²) in [4.78, 5) is 25.4. The van der Waals surface area contributed by atoms with Gasteiger partial charge in [-0.2, -0.15) is 0 Å². The summed E-state index contributed by atoms with van der Waals surface area (Å²) in [6.45, 7) is 3.74. The highest BCUT2D eigenvalue weighted by Gasteiger charge is 2.14. The minimum absolute atomic E-state index is 0.0637. The van der Waals surface area contributed by atoms with Gasteiger partial charge in [-0.25, -0.2) is 4.79 Å². The Labute approximate surface area is 128 Å². The molecule has 22 heavy (non-hydrogen) atoms. The van der Waals surface area contributed by atoms with Crippen molar-refractivity contribution in [3.63, 3.8) is 0 Å². The van der Waals surface area contributed by atoms with E-state index in [0.717, 1.165) is 13.1 Å². The predicted molar refractivity (Wildman–Crippen MR) is 80.0 cm³/mol. The number of morpholine rings is 1. The van der Waals surface area contributed by atoms with Crippen molar-refractivity contribution in [1.29, 1.82) is 0 Å². The summed E-state index contributed by atoms with van der Waals surface area (Å²) in [5.74, 6) is -0.989. The Hall–Kier alpha value is -2.12. The monoisotopic (exact) mass is 308 g/mol. The number of phenols is 1. The molecule has 2 N–H and O–H groups in total. The summed E-state index contributed by atoms with van der Waals surface area (Å²) >= 11 is 0. The molecule has 0 radical (unpaired) electrons. The minimum atomic E-state index is -0.623. The maximum atomic E-state index is 11.9. The van der Waals surface area contributed by atoms with Crippen LogP contribution in [-0.4, -0.2) is 61.8 Å². The van der Waals surface area contributed by atoms with Gasteiger partial charge in [0.2, 0.25) is 5.91 Å². The molecule has 1 aliphatic heterocycles. The van der Waals surface area contributed by atoms with E-state index >= 15 is 0 Å². The number of esters is 1. The zero-order chi connectivity index (χ0) is 15.9. The molecule has 0 spiro atoms. The number of carbonyl (C=O) groups excluding carboxylic acids is 2. The van der Waals surface area contributed by atoms with Crippen molar-refractivity contribution in [1.82, 2.24) is 4.90 Å². The SMILES string of the molecule is COC(=O)c1ccc(NC(=O)CCN2CCOCC2)cc1O. The molecule has 2 rings (SSSR count). The number of phenolic OH excluding ortho intramolecular Hbond substituents is 1. The fourth-order valence-corrected chi connectivity index (χ4v) is 2.20. The maximum Gasteiger partial charge on any atom is 0.341 e. The van der Waals surface area contributed by atoms with Crippen LogP contribution in [0.15, 0.2) is 18.2 Å². The van der Waals surface area contributed by atoms with E-state index in [1.165, 1.54) is 19.2 Å². The van der Waals surface area contributed by atoms with Crippen LogP contribution in [0.2, 0.25) is 0 Å². The first-order valence-corrected chi connectivity index (χ1v) is 7.11. The van der Waals surface area contributed by atoms with E-state index in [0.29, 0.717) is 31.9 Å². The van der Waals surface area contributed by atoms with Gasteiger partial charge in [0.1, 0.15) is 11.3 Å². The summed E-state index contributed by atoms with van der Waals surface area (Å²) in [5, 5.41) is 12.5. The lowest BCUT2D eigenvalue weighted by Gasteiger charge is -2.26. The fraction of sp³-hybridized carbons (Fsp3) is 0.467. The van der Waals surface area contributed by atoms with Gasteiger partial charge in [-0.1, -0.05) is 0 Å². The van der Waals surface area contributed by atoms with Crippen LogP contribution >= 0.6 is 0 Å². The molecule has 1 amide bonds. The van der Waals surface area contributed by atoms with E-state index in [9.17, 15) is 14.7 Å². The Kier molecular flexibility index (Phi) is 5.74. The highest BCUT2D eigenvalue weighted by atomic mass is 16.5. The van der Waals surface area contributed by atoms with Crippen LogP contribution in [0.3, 0.4) is 0 Å². The van der Waals surface area contributed by atoms with Gasteiger partial charge in [-0.15, -0.1) is 0 Å². The number of carbonyl (C=O) groups is 2. The number of nitrogens with zero attached hydrogens (tertiary/aromatic N) is 1. The molecule has 1 fully saturated rings. The Morgan fingerprint density at radius 2 is 2.09 bits per heavy atom. The molecule has 1 aliphatic rings. The molecule has 1 aromatic carbocycles. The van der Waals surface area contributed by atoms with Crippen molar-refractivity contribution < 1.29 is 24.2 Å². The molecule has 120 valence electrons. The molecule has 0 aliphatic carbocycles. The lowest BCUT2D eigenvalue weighted by molar-refractivity contribution is -0.116. The zero-order valence-corrected chi connectivity index (χ0v) is 12.5. The molecule has 0 saturated carbocycles. The van der Waals surface area contributed by atoms with E-state index < -0.39 is 5.97 Å². The molecule has 0 bridgehead atoms. The lowest BCUT2D eigenvalue weighted by atomic mass is 10.2. The van der Waals surface area contributed by atoms with Gasteiger partial charge in [-0.3, -0.25) is 9.69 Å². The predicted octanol–water partition coefficient (Wildman–Crippen LogP) is 0.840. The third kappa shape index (κ3) is 4.44. The van der Waals surface area contributed by atoms with E-state index in [1.807, 2.05) is 0 Å². The number of methoxy groups -OCH3 is 1. The van der Waals surface area contributed by atoms with Crippen molar-refractivity contribution in [3.05, 3.63) is 23.8 Å². The maximum absolute atomic E-state index is 11.9. The van der Waals surface area contributed by atoms with E-state index in [-0.39, 0.29) is 17.2 Å². The molecule has 7 nitrogen and oxygen atoms in total. The molecule has 1 saturated heterocycles. The lowest BCUT2D eigenvalue weighted by Crippen LogP contribution is -2.38. The van der Waals surface area contributed by atoms with E-state index in [1.54, 1.807) is 6.07 Å². The van der Waals surface area contributed by atoms with Gasteiger partial charge in [0, 0.05) is 37.8 Å². The fourth-order valence-electron chi connectivity index (χ4n) is 2.20. The second-order valence-corrected chi connectivity index (χ2v) is 4.98. The number of anilines is 1. The Morgan fingerprint density at radius 1 is 1.36 bits per heavy atom. The van der Waals surface area contributed by atoms with Gasteiger partial charge >= 0.3 is 5.97 Å². The van der Waals surface area contributed by atoms with Crippen LogP contribution in [0.1, 0.15) is 16.8 Å². The zero-order valence-electron chi connectivity index (χ0n) is 12.5. The number of aromatic hydroxyl groups is 1. The van der Waals surface area contributed by atoms with Crippen molar-refractivity contribution >= 4 is 17.6 Å². The van der Waals surface area contributed by atoms with Crippen molar-refractivity contribution in [2.75, 3.05) is 45.3 Å². The summed E-state index contributed by atoms with van der Waals surface area (Å²) in [6, 6.07) is 4.30. The molecule has 0 aromatic heterocycles. The smallest absolute Gasteiger partial charge is 0.341 e. The van der Waals surface area contributed by atoms with E-state index in [2.05, 4.69) is 15.0 Å². The second-order valence-electron chi connectivity index (χ2n) is 4.98. The van der Waals surface area contributed by atoms with E-state index in [4.69, 9.17) is 4.74 Å². The molecule has 1 heterocycles. The number of nitrogens with one attached hydrogen (secondary N) is 1. The Morgan fingerprint density at radius 3 is 2.73 bits per heavy atom. The Bertz CT molecular complexity index is 541. The number of hydrogen-bond acceptors (Lipinski definition) is 6. The number of rotatable bonds is 5. The van der Waals surface area contributed by atoms with Gasteiger partial charge < -0.3 is 19.9 Å². The highest BCUT2D eigenvalue weighted by Crippen LogP contribution is 2.22. The second kappa shape index (κ2) is 7.77.